The van der Waals surface area contributed by atoms with Crippen LogP contribution in [0, 0.1) is 0 Å². The van der Waals surface area contributed by atoms with Gasteiger partial charge in [-0.05, 0) is 29.8 Å². The highest BCUT2D eigenvalue weighted by Gasteiger charge is 2.33. The molecule has 0 bridgehead atoms. The number of hydrogen-bond acceptors (Lipinski definition) is 5. The molecule has 1 aliphatic heterocycles. The molecule has 2 heterocycles. The highest BCUT2D eigenvalue weighted by Crippen LogP contribution is 2.37. The first-order chi connectivity index (χ1) is 14.6. The van der Waals surface area contributed by atoms with E-state index in [1.54, 1.807) is 24.3 Å². The summed E-state index contributed by atoms with van der Waals surface area (Å²) in [5, 5.41) is 10.5. The van der Waals surface area contributed by atoms with E-state index in [1.807, 2.05) is 30.3 Å². The lowest BCUT2D eigenvalue weighted by molar-refractivity contribution is -0.138. The van der Waals surface area contributed by atoms with E-state index in [0.29, 0.717) is 33.8 Å². The third-order valence-electron chi connectivity index (χ3n) is 4.60. The molecule has 0 fully saturated rings. The van der Waals surface area contributed by atoms with Gasteiger partial charge in [0.1, 0.15) is 19.0 Å². The van der Waals surface area contributed by atoms with Crippen LogP contribution in [0.25, 0.3) is 11.3 Å². The average molecular weight is 402 g/mol. The predicted molar refractivity (Wildman–Crippen MR) is 111 cm³/mol. The molecule has 0 saturated heterocycles. The highest BCUT2D eigenvalue weighted by molar-refractivity contribution is 6.30. The highest BCUT2D eigenvalue weighted by atomic mass is 16.6. The summed E-state index contributed by atoms with van der Waals surface area (Å²) in [5.74, 6) is -0.436. The van der Waals surface area contributed by atoms with E-state index < -0.39 is 11.9 Å². The maximum Gasteiger partial charge on any atom is 0.330 e. The molecule has 2 N–H and O–H groups in total. The summed E-state index contributed by atoms with van der Waals surface area (Å²) in [6.07, 6.45) is 1.09. The molecule has 7 nitrogen and oxygen atoms in total. The van der Waals surface area contributed by atoms with Crippen LogP contribution < -0.4 is 4.74 Å². The van der Waals surface area contributed by atoms with Crippen LogP contribution in [0.3, 0.4) is 0 Å². The molecule has 3 aromatic rings. The molecule has 2 aromatic carbocycles. The van der Waals surface area contributed by atoms with Crippen LogP contribution >= 0.6 is 0 Å². The molecule has 0 radical (unpaired) electrons. The van der Waals surface area contributed by atoms with Crippen LogP contribution in [0.5, 0.6) is 11.6 Å². The van der Waals surface area contributed by atoms with Gasteiger partial charge in [-0.15, -0.1) is 0 Å². The molecule has 1 amide bonds. The van der Waals surface area contributed by atoms with Crippen molar-refractivity contribution in [2.75, 3.05) is 13.2 Å². The SMILES string of the molecule is C=CC(=O)OCCOc1ccc(C2=NC(=O)c3c(-c4ccccc4)[nH]c(O)c32)cc1. The lowest BCUT2D eigenvalue weighted by Gasteiger charge is -2.07. The van der Waals surface area contributed by atoms with Gasteiger partial charge in [-0.25, -0.2) is 9.79 Å². The Labute approximate surface area is 172 Å². The number of carbonyl (C=O) groups excluding carboxylic acids is 2. The van der Waals surface area contributed by atoms with Gasteiger partial charge in [-0.3, -0.25) is 4.79 Å². The number of ether oxygens (including phenoxy) is 2. The summed E-state index contributed by atoms with van der Waals surface area (Å²) in [6, 6.07) is 16.3. The first-order valence-electron chi connectivity index (χ1n) is 9.24. The first kappa shape index (κ1) is 19.2. The van der Waals surface area contributed by atoms with Crippen molar-refractivity contribution in [1.82, 2.24) is 4.98 Å². The topological polar surface area (TPSA) is 101 Å². The standard InChI is InChI=1S/C23H18N2O5/c1-2-17(26)30-13-12-29-16-10-8-15(9-11-16)21-19-18(22(27)25-21)20(24-23(19)28)14-6-4-3-5-7-14/h2-11,24,28H,1,12-13H2. The van der Waals surface area contributed by atoms with Gasteiger partial charge in [0.2, 0.25) is 0 Å². The molecular weight excluding hydrogens is 384 g/mol. The van der Waals surface area contributed by atoms with Crippen molar-refractivity contribution in [3.8, 4) is 22.9 Å². The Hall–Kier alpha value is -4.13. The van der Waals surface area contributed by atoms with Gasteiger partial charge in [0.15, 0.2) is 5.88 Å². The largest absolute Gasteiger partial charge is 0.494 e. The van der Waals surface area contributed by atoms with Gasteiger partial charge >= 0.3 is 5.97 Å². The Balaban J connectivity index is 1.54. The molecule has 0 aliphatic carbocycles. The minimum absolute atomic E-state index is 0.0992. The molecular formula is C23H18N2O5. The van der Waals surface area contributed by atoms with Crippen LogP contribution in [-0.4, -0.2) is 40.9 Å². The van der Waals surface area contributed by atoms with Crippen LogP contribution in [0.2, 0.25) is 0 Å². The first-order valence-corrected chi connectivity index (χ1v) is 9.24. The summed E-state index contributed by atoms with van der Waals surface area (Å²) >= 11 is 0. The molecule has 7 heteroatoms. The van der Waals surface area contributed by atoms with E-state index >= 15 is 0 Å². The van der Waals surface area contributed by atoms with Crippen molar-refractivity contribution < 1.29 is 24.2 Å². The fraction of sp³-hybridized carbons (Fsp3) is 0.0870. The number of aliphatic imine (C=N–C) groups is 1. The number of amides is 1. The molecule has 4 rings (SSSR count). The van der Waals surface area contributed by atoms with E-state index in [-0.39, 0.29) is 19.1 Å². The summed E-state index contributed by atoms with van der Waals surface area (Å²) in [6.45, 7) is 3.62. The number of aromatic hydroxyl groups is 1. The molecule has 0 spiro atoms. The summed E-state index contributed by atoms with van der Waals surface area (Å²) < 4.78 is 10.4. The van der Waals surface area contributed by atoms with Gasteiger partial charge in [0, 0.05) is 11.6 Å². The third-order valence-corrected chi connectivity index (χ3v) is 4.60. The van der Waals surface area contributed by atoms with Gasteiger partial charge in [0.05, 0.1) is 22.5 Å². The minimum atomic E-state index is -0.505. The minimum Gasteiger partial charge on any atom is -0.494 e. The van der Waals surface area contributed by atoms with E-state index in [2.05, 4.69) is 16.6 Å². The Bertz CT molecular complexity index is 1140. The zero-order valence-electron chi connectivity index (χ0n) is 15.9. The lowest BCUT2D eigenvalue weighted by Crippen LogP contribution is -2.10. The predicted octanol–water partition coefficient (Wildman–Crippen LogP) is 3.49. The molecule has 0 atom stereocenters. The van der Waals surface area contributed by atoms with E-state index in [9.17, 15) is 14.7 Å². The van der Waals surface area contributed by atoms with Crippen molar-refractivity contribution in [1.29, 1.82) is 0 Å². The molecule has 30 heavy (non-hydrogen) atoms. The second kappa shape index (κ2) is 8.08. The second-order valence-electron chi connectivity index (χ2n) is 6.47. The maximum absolute atomic E-state index is 12.6. The lowest BCUT2D eigenvalue weighted by atomic mass is 10.0. The van der Waals surface area contributed by atoms with Crippen molar-refractivity contribution in [2.45, 2.75) is 0 Å². The number of H-pyrrole nitrogens is 1. The van der Waals surface area contributed by atoms with Gasteiger partial charge < -0.3 is 19.6 Å². The van der Waals surface area contributed by atoms with E-state index in [0.717, 1.165) is 11.6 Å². The second-order valence-corrected chi connectivity index (χ2v) is 6.47. The van der Waals surface area contributed by atoms with Crippen LogP contribution in [0.15, 0.2) is 72.2 Å². The fourth-order valence-electron chi connectivity index (χ4n) is 3.24. The Morgan fingerprint density at radius 1 is 1.03 bits per heavy atom. The number of aromatic amines is 1. The third kappa shape index (κ3) is 3.60. The van der Waals surface area contributed by atoms with Crippen molar-refractivity contribution in [3.05, 3.63) is 83.9 Å². The van der Waals surface area contributed by atoms with Gasteiger partial charge in [0.25, 0.3) is 5.91 Å². The Kier molecular flexibility index (Phi) is 5.17. The number of hydrogen-bond donors (Lipinski definition) is 2. The van der Waals surface area contributed by atoms with Gasteiger partial charge in [-0.1, -0.05) is 36.9 Å². The zero-order chi connectivity index (χ0) is 21.1. The van der Waals surface area contributed by atoms with Crippen LogP contribution in [0.1, 0.15) is 21.5 Å². The van der Waals surface area contributed by atoms with Crippen LogP contribution in [-0.2, 0) is 9.53 Å². The number of nitrogens with zero attached hydrogens (tertiary/aromatic N) is 1. The molecule has 0 unspecified atom stereocenters. The molecule has 1 aliphatic rings. The zero-order valence-corrected chi connectivity index (χ0v) is 15.9. The molecule has 0 saturated carbocycles. The Morgan fingerprint density at radius 3 is 2.47 bits per heavy atom. The van der Waals surface area contributed by atoms with E-state index in [4.69, 9.17) is 9.47 Å². The average Bonchev–Trinajstić information content (AvgIpc) is 3.30. The monoisotopic (exact) mass is 402 g/mol. The maximum atomic E-state index is 12.6. The van der Waals surface area contributed by atoms with Crippen LogP contribution in [0.4, 0.5) is 0 Å². The van der Waals surface area contributed by atoms with Crippen molar-refractivity contribution in [3.63, 3.8) is 0 Å². The number of aromatic nitrogens is 1. The quantitative estimate of drug-likeness (QED) is 0.358. The summed E-state index contributed by atoms with van der Waals surface area (Å²) in [7, 11) is 0. The summed E-state index contributed by atoms with van der Waals surface area (Å²) in [5.41, 5.74) is 3.15. The summed E-state index contributed by atoms with van der Waals surface area (Å²) in [4.78, 5) is 30.6. The van der Waals surface area contributed by atoms with Crippen molar-refractivity contribution >= 4 is 17.6 Å². The van der Waals surface area contributed by atoms with Gasteiger partial charge in [-0.2, -0.15) is 0 Å². The normalized spacial score (nSPS) is 12.3. The number of nitrogens with one attached hydrogen (secondary N) is 1. The number of carbonyl (C=O) groups is 2. The Morgan fingerprint density at radius 2 is 1.77 bits per heavy atom. The van der Waals surface area contributed by atoms with E-state index in [1.165, 1.54) is 0 Å². The number of esters is 1. The number of fused-ring (bicyclic) bond motifs is 1. The van der Waals surface area contributed by atoms with Crippen molar-refractivity contribution in [2.24, 2.45) is 4.99 Å². The number of rotatable bonds is 7. The smallest absolute Gasteiger partial charge is 0.330 e. The molecule has 150 valence electrons. The fourth-order valence-corrected chi connectivity index (χ4v) is 3.24. The number of benzene rings is 2. The molecule has 1 aromatic heterocycles.